The molecule has 1 atom stereocenters. The molecule has 18 heavy (non-hydrogen) atoms. The molecule has 0 N–H and O–H groups in total. The molecule has 2 nitrogen and oxygen atoms in total. The summed E-state index contributed by atoms with van der Waals surface area (Å²) >= 11 is 9.59. The van der Waals surface area contributed by atoms with Gasteiger partial charge in [0.25, 0.3) is 0 Å². The van der Waals surface area contributed by atoms with Gasteiger partial charge in [-0.3, -0.25) is 4.79 Å². The molecule has 0 radical (unpaired) electrons. The average Bonchev–Trinajstić information content (AvgIpc) is 2.40. The fourth-order valence-corrected chi connectivity index (χ4v) is 4.71. The van der Waals surface area contributed by atoms with Crippen LogP contribution in [0.4, 0.5) is 0 Å². The monoisotopic (exact) mass is 302 g/mol. The van der Waals surface area contributed by atoms with Crippen molar-refractivity contribution in [3.05, 3.63) is 28.8 Å². The van der Waals surface area contributed by atoms with Gasteiger partial charge in [0.05, 0.1) is 12.4 Å². The summed E-state index contributed by atoms with van der Waals surface area (Å²) in [5, 5.41) is 0.761. The van der Waals surface area contributed by atoms with Crippen molar-refractivity contribution < 1.29 is 9.53 Å². The molecule has 1 aliphatic heterocycles. The number of hydrogen-bond acceptors (Lipinski definition) is 4. The molecule has 1 aromatic rings. The number of methoxy groups -OCH3 is 1. The molecular weight excluding hydrogens is 288 g/mol. The third-order valence-corrected chi connectivity index (χ3v) is 5.82. The summed E-state index contributed by atoms with van der Waals surface area (Å²) in [5.41, 5.74) is 0.881. The minimum atomic E-state index is 0.118. The predicted octanol–water partition coefficient (Wildman–Crippen LogP) is 3.31. The number of thioether (sulfide) groups is 2. The molecule has 1 aliphatic rings. The van der Waals surface area contributed by atoms with E-state index < -0.39 is 0 Å². The van der Waals surface area contributed by atoms with Crippen LogP contribution in [-0.4, -0.2) is 35.4 Å². The van der Waals surface area contributed by atoms with Gasteiger partial charge in [-0.2, -0.15) is 11.8 Å². The summed E-state index contributed by atoms with van der Waals surface area (Å²) in [7, 11) is 1.61. The van der Waals surface area contributed by atoms with Gasteiger partial charge < -0.3 is 4.74 Å². The Morgan fingerprint density at radius 1 is 1.50 bits per heavy atom. The van der Waals surface area contributed by atoms with Crippen LogP contribution in [0.1, 0.15) is 5.56 Å². The Morgan fingerprint density at radius 2 is 2.33 bits per heavy atom. The van der Waals surface area contributed by atoms with Crippen molar-refractivity contribution in [2.45, 2.75) is 11.7 Å². The van der Waals surface area contributed by atoms with Crippen molar-refractivity contribution in [1.82, 2.24) is 0 Å². The number of Topliss-reactive ketones (excluding diaryl/α,β-unsaturated/α-hetero) is 1. The van der Waals surface area contributed by atoms with E-state index in [1.54, 1.807) is 24.9 Å². The van der Waals surface area contributed by atoms with Crippen molar-refractivity contribution >= 4 is 40.9 Å². The van der Waals surface area contributed by atoms with Gasteiger partial charge in [0.1, 0.15) is 5.75 Å². The van der Waals surface area contributed by atoms with Crippen molar-refractivity contribution in [2.75, 3.05) is 24.4 Å². The standard InChI is InChI=1S/C13H15ClO2S2/c1-16-12-3-2-10(14)6-9(12)7-11(15)13-8-17-4-5-18-13/h2-3,6,13H,4-5,7-8H2,1H3. The smallest absolute Gasteiger partial charge is 0.151 e. The van der Waals surface area contributed by atoms with E-state index in [1.165, 1.54) is 0 Å². The lowest BCUT2D eigenvalue weighted by molar-refractivity contribution is -0.117. The van der Waals surface area contributed by atoms with Crippen LogP contribution < -0.4 is 4.74 Å². The largest absolute Gasteiger partial charge is 0.496 e. The highest BCUT2D eigenvalue weighted by Gasteiger charge is 2.23. The number of halogens is 1. The van der Waals surface area contributed by atoms with E-state index in [4.69, 9.17) is 16.3 Å². The van der Waals surface area contributed by atoms with Gasteiger partial charge in [0, 0.05) is 34.3 Å². The highest BCUT2D eigenvalue weighted by molar-refractivity contribution is 8.07. The number of benzene rings is 1. The van der Waals surface area contributed by atoms with E-state index in [0.717, 1.165) is 28.6 Å². The van der Waals surface area contributed by atoms with Crippen LogP contribution in [-0.2, 0) is 11.2 Å². The molecule has 1 heterocycles. The molecule has 1 saturated heterocycles. The van der Waals surface area contributed by atoms with Gasteiger partial charge in [-0.1, -0.05) is 11.6 Å². The Labute approximate surface area is 121 Å². The molecule has 0 aliphatic carbocycles. The first-order chi connectivity index (χ1) is 8.70. The van der Waals surface area contributed by atoms with Crippen LogP contribution >= 0.6 is 35.1 Å². The lowest BCUT2D eigenvalue weighted by Crippen LogP contribution is -2.25. The zero-order valence-corrected chi connectivity index (χ0v) is 12.5. The number of ketones is 1. The first-order valence-electron chi connectivity index (χ1n) is 5.75. The minimum Gasteiger partial charge on any atom is -0.496 e. The second-order valence-corrected chi connectivity index (χ2v) is 6.93. The van der Waals surface area contributed by atoms with Crippen molar-refractivity contribution in [3.63, 3.8) is 0 Å². The second-order valence-electron chi connectivity index (χ2n) is 4.03. The SMILES string of the molecule is COc1ccc(Cl)cc1CC(=O)C1CSCCS1. The van der Waals surface area contributed by atoms with E-state index >= 15 is 0 Å². The summed E-state index contributed by atoms with van der Waals surface area (Å²) < 4.78 is 5.27. The molecule has 0 bridgehead atoms. The zero-order chi connectivity index (χ0) is 13.0. The van der Waals surface area contributed by atoms with Gasteiger partial charge in [-0.25, -0.2) is 0 Å². The van der Waals surface area contributed by atoms with Gasteiger partial charge in [0.2, 0.25) is 0 Å². The lowest BCUT2D eigenvalue weighted by atomic mass is 10.1. The van der Waals surface area contributed by atoms with E-state index in [0.29, 0.717) is 11.4 Å². The summed E-state index contributed by atoms with van der Waals surface area (Å²) in [6.45, 7) is 0. The number of ether oxygens (including phenoxy) is 1. The van der Waals surface area contributed by atoms with E-state index in [1.807, 2.05) is 23.9 Å². The van der Waals surface area contributed by atoms with E-state index in [9.17, 15) is 4.79 Å². The number of carbonyl (C=O) groups excluding carboxylic acids is 1. The summed E-state index contributed by atoms with van der Waals surface area (Å²) in [6.07, 6.45) is 0.405. The zero-order valence-electron chi connectivity index (χ0n) is 10.1. The average molecular weight is 303 g/mol. The van der Waals surface area contributed by atoms with Crippen molar-refractivity contribution in [3.8, 4) is 5.75 Å². The van der Waals surface area contributed by atoms with Crippen LogP contribution in [0.5, 0.6) is 5.75 Å². The van der Waals surface area contributed by atoms with Crippen LogP contribution in [0.3, 0.4) is 0 Å². The normalized spacial score (nSPS) is 19.6. The number of hydrogen-bond donors (Lipinski definition) is 0. The maximum atomic E-state index is 12.2. The van der Waals surface area contributed by atoms with Crippen molar-refractivity contribution in [2.24, 2.45) is 0 Å². The molecule has 2 rings (SSSR count). The molecule has 1 unspecified atom stereocenters. The molecule has 5 heteroatoms. The molecule has 1 fully saturated rings. The summed E-state index contributed by atoms with van der Waals surface area (Å²) in [5.74, 6) is 4.14. The Bertz CT molecular complexity index is 431. The van der Waals surface area contributed by atoms with Crippen LogP contribution in [0, 0.1) is 0 Å². The number of rotatable bonds is 4. The first kappa shape index (κ1) is 14.1. The fraction of sp³-hybridized carbons (Fsp3) is 0.462. The van der Waals surface area contributed by atoms with E-state index in [2.05, 4.69) is 0 Å². The lowest BCUT2D eigenvalue weighted by Gasteiger charge is -2.20. The quantitative estimate of drug-likeness (QED) is 0.852. The minimum absolute atomic E-state index is 0.118. The predicted molar refractivity (Wildman–Crippen MR) is 80.3 cm³/mol. The molecule has 0 spiro atoms. The van der Waals surface area contributed by atoms with E-state index in [-0.39, 0.29) is 11.0 Å². The van der Waals surface area contributed by atoms with Gasteiger partial charge in [0.15, 0.2) is 5.78 Å². The highest BCUT2D eigenvalue weighted by Crippen LogP contribution is 2.28. The summed E-state index contributed by atoms with van der Waals surface area (Å²) in [6, 6.07) is 5.41. The molecular formula is C13H15ClO2S2. The topological polar surface area (TPSA) is 26.3 Å². The molecule has 1 aromatic carbocycles. The first-order valence-corrected chi connectivity index (χ1v) is 8.33. The van der Waals surface area contributed by atoms with Crippen LogP contribution in [0.25, 0.3) is 0 Å². The molecule has 0 saturated carbocycles. The van der Waals surface area contributed by atoms with Gasteiger partial charge in [-0.05, 0) is 18.2 Å². The number of carbonyl (C=O) groups is 1. The second kappa shape index (κ2) is 6.73. The third kappa shape index (κ3) is 3.59. The van der Waals surface area contributed by atoms with Crippen LogP contribution in [0.15, 0.2) is 18.2 Å². The van der Waals surface area contributed by atoms with Gasteiger partial charge >= 0.3 is 0 Å². The van der Waals surface area contributed by atoms with Crippen LogP contribution in [0.2, 0.25) is 5.02 Å². The highest BCUT2D eigenvalue weighted by atomic mass is 35.5. The Hall–Kier alpha value is -0.320. The fourth-order valence-electron chi connectivity index (χ4n) is 1.86. The van der Waals surface area contributed by atoms with Gasteiger partial charge in [-0.15, -0.1) is 11.8 Å². The summed E-state index contributed by atoms with van der Waals surface area (Å²) in [4.78, 5) is 12.2. The molecule has 0 aromatic heterocycles. The maximum Gasteiger partial charge on any atom is 0.151 e. The molecule has 98 valence electrons. The maximum absolute atomic E-state index is 12.2. The Morgan fingerprint density at radius 3 is 3.00 bits per heavy atom. The Balaban J connectivity index is 2.07. The molecule has 0 amide bonds. The van der Waals surface area contributed by atoms with Crippen molar-refractivity contribution in [1.29, 1.82) is 0 Å². The third-order valence-electron chi connectivity index (χ3n) is 2.78. The Kier molecular flexibility index (Phi) is 5.27.